The molecule has 0 saturated carbocycles. The summed E-state index contributed by atoms with van der Waals surface area (Å²) < 4.78 is 0. The number of hydrogen-bond donors (Lipinski definition) is 2. The van der Waals surface area contributed by atoms with Crippen molar-refractivity contribution in [3.63, 3.8) is 0 Å². The minimum atomic E-state index is -0.0586. The Hall–Kier alpha value is -1.30. The van der Waals surface area contributed by atoms with Crippen LogP contribution in [0.4, 0.5) is 4.79 Å². The average molecular weight is 296 g/mol. The Morgan fingerprint density at radius 2 is 1.95 bits per heavy atom. The molecule has 120 valence electrons. The Morgan fingerprint density at radius 3 is 2.57 bits per heavy atom. The first-order valence-corrected chi connectivity index (χ1v) is 8.04. The Bertz CT molecular complexity index is 380. The second-order valence-electron chi connectivity index (χ2n) is 6.48. The first-order valence-electron chi connectivity index (χ1n) is 8.04. The topological polar surface area (TPSA) is 64.7 Å². The van der Waals surface area contributed by atoms with Gasteiger partial charge < -0.3 is 20.4 Å². The summed E-state index contributed by atoms with van der Waals surface area (Å²) >= 11 is 0. The summed E-state index contributed by atoms with van der Waals surface area (Å²) in [5, 5.41) is 6.27. The molecule has 1 atom stereocenters. The molecule has 0 aromatic heterocycles. The van der Waals surface area contributed by atoms with Crippen LogP contribution in [0.3, 0.4) is 0 Å². The van der Waals surface area contributed by atoms with Crippen LogP contribution in [0.1, 0.15) is 33.6 Å². The molecule has 0 bridgehead atoms. The maximum Gasteiger partial charge on any atom is 0.320 e. The summed E-state index contributed by atoms with van der Waals surface area (Å²) in [5.41, 5.74) is 0. The predicted octanol–water partition coefficient (Wildman–Crippen LogP) is 0.637. The lowest BCUT2D eigenvalue weighted by Crippen LogP contribution is -2.47. The van der Waals surface area contributed by atoms with E-state index in [1.807, 2.05) is 11.8 Å². The van der Waals surface area contributed by atoms with Gasteiger partial charge in [0, 0.05) is 25.2 Å². The van der Waals surface area contributed by atoms with E-state index in [1.54, 1.807) is 4.90 Å². The number of nitrogens with zero attached hydrogens (tertiary/aromatic N) is 2. The van der Waals surface area contributed by atoms with E-state index in [0.29, 0.717) is 18.5 Å². The molecule has 6 heteroatoms. The van der Waals surface area contributed by atoms with Crippen molar-refractivity contribution in [2.75, 3.05) is 32.7 Å². The summed E-state index contributed by atoms with van der Waals surface area (Å²) in [6.07, 6.45) is 2.02. The third kappa shape index (κ3) is 4.09. The molecule has 6 nitrogen and oxygen atoms in total. The number of piperidine rings is 1. The number of carbonyl (C=O) groups excluding carboxylic acids is 2. The highest BCUT2D eigenvalue weighted by atomic mass is 16.2. The zero-order chi connectivity index (χ0) is 15.4. The van der Waals surface area contributed by atoms with E-state index in [2.05, 4.69) is 24.5 Å². The van der Waals surface area contributed by atoms with Gasteiger partial charge >= 0.3 is 6.03 Å². The van der Waals surface area contributed by atoms with Crippen molar-refractivity contribution < 1.29 is 9.59 Å². The van der Waals surface area contributed by atoms with Gasteiger partial charge in [-0.1, -0.05) is 13.8 Å². The molecule has 0 aliphatic carbocycles. The van der Waals surface area contributed by atoms with Gasteiger partial charge in [-0.2, -0.15) is 0 Å². The first kappa shape index (κ1) is 16.1. The molecule has 3 amide bonds. The Labute approximate surface area is 127 Å². The molecular weight excluding hydrogens is 268 g/mol. The SMILES string of the molecule is CC(C)C(C)NC(=O)CN1CCN(C2CCNCC2)C1=O. The number of carbonyl (C=O) groups is 2. The fraction of sp³-hybridized carbons (Fsp3) is 0.867. The molecule has 2 aliphatic rings. The van der Waals surface area contributed by atoms with Gasteiger partial charge in [-0.05, 0) is 38.8 Å². The van der Waals surface area contributed by atoms with E-state index in [-0.39, 0.29) is 24.5 Å². The van der Waals surface area contributed by atoms with Crippen LogP contribution < -0.4 is 10.6 Å². The fourth-order valence-corrected chi connectivity index (χ4v) is 2.84. The van der Waals surface area contributed by atoms with Gasteiger partial charge in [-0.15, -0.1) is 0 Å². The van der Waals surface area contributed by atoms with Crippen molar-refractivity contribution in [2.24, 2.45) is 5.92 Å². The summed E-state index contributed by atoms with van der Waals surface area (Å²) in [7, 11) is 0. The molecule has 0 aromatic carbocycles. The molecule has 0 aromatic rings. The minimum Gasteiger partial charge on any atom is -0.352 e. The van der Waals surface area contributed by atoms with E-state index < -0.39 is 0 Å². The average Bonchev–Trinajstić information content (AvgIpc) is 2.81. The van der Waals surface area contributed by atoms with Crippen LogP contribution in [0, 0.1) is 5.92 Å². The molecule has 2 aliphatic heterocycles. The lowest BCUT2D eigenvalue weighted by molar-refractivity contribution is -0.122. The van der Waals surface area contributed by atoms with Gasteiger partial charge in [0.25, 0.3) is 0 Å². The van der Waals surface area contributed by atoms with Gasteiger partial charge in [0.15, 0.2) is 0 Å². The number of nitrogens with one attached hydrogen (secondary N) is 2. The molecule has 2 heterocycles. The molecule has 2 N–H and O–H groups in total. The number of hydrogen-bond acceptors (Lipinski definition) is 3. The maximum atomic E-state index is 12.4. The van der Waals surface area contributed by atoms with Crippen LogP contribution in [0.25, 0.3) is 0 Å². The second-order valence-corrected chi connectivity index (χ2v) is 6.48. The first-order chi connectivity index (χ1) is 9.99. The Morgan fingerprint density at radius 1 is 1.29 bits per heavy atom. The van der Waals surface area contributed by atoms with Crippen molar-refractivity contribution >= 4 is 11.9 Å². The van der Waals surface area contributed by atoms with Gasteiger partial charge in [0.05, 0.1) is 0 Å². The third-order valence-electron chi connectivity index (χ3n) is 4.60. The van der Waals surface area contributed by atoms with E-state index in [1.165, 1.54) is 0 Å². The van der Waals surface area contributed by atoms with Gasteiger partial charge in [0.2, 0.25) is 5.91 Å². The summed E-state index contributed by atoms with van der Waals surface area (Å²) in [4.78, 5) is 28.0. The van der Waals surface area contributed by atoms with E-state index in [0.717, 1.165) is 32.5 Å². The van der Waals surface area contributed by atoms with E-state index in [4.69, 9.17) is 0 Å². The van der Waals surface area contributed by atoms with Gasteiger partial charge in [-0.3, -0.25) is 4.79 Å². The van der Waals surface area contributed by atoms with Gasteiger partial charge in [-0.25, -0.2) is 4.79 Å². The molecule has 2 fully saturated rings. The summed E-state index contributed by atoms with van der Waals surface area (Å²) in [6, 6.07) is 0.492. The normalized spacial score (nSPS) is 22.0. The predicted molar refractivity (Wildman–Crippen MR) is 82.0 cm³/mol. The van der Waals surface area contributed by atoms with Crippen LogP contribution in [-0.2, 0) is 4.79 Å². The fourth-order valence-electron chi connectivity index (χ4n) is 2.84. The van der Waals surface area contributed by atoms with Crippen LogP contribution in [0.15, 0.2) is 0 Å². The van der Waals surface area contributed by atoms with Crippen LogP contribution in [0.5, 0.6) is 0 Å². The Balaban J connectivity index is 1.82. The molecular formula is C15H28N4O2. The highest BCUT2D eigenvalue weighted by Crippen LogP contribution is 2.18. The molecule has 2 saturated heterocycles. The molecule has 0 radical (unpaired) electrons. The summed E-state index contributed by atoms with van der Waals surface area (Å²) in [5.74, 6) is 0.339. The standard InChI is InChI=1S/C15H28N4O2/c1-11(2)12(3)17-14(20)10-18-8-9-19(15(18)21)13-4-6-16-7-5-13/h11-13,16H,4-10H2,1-3H3,(H,17,20). The maximum absolute atomic E-state index is 12.4. The number of amides is 3. The molecule has 2 rings (SSSR count). The minimum absolute atomic E-state index is 0.0225. The van der Waals surface area contributed by atoms with Gasteiger partial charge in [0.1, 0.15) is 6.54 Å². The second kappa shape index (κ2) is 7.11. The third-order valence-corrected chi connectivity index (χ3v) is 4.60. The molecule has 1 unspecified atom stereocenters. The molecule has 0 spiro atoms. The van der Waals surface area contributed by atoms with Crippen molar-refractivity contribution in [3.8, 4) is 0 Å². The zero-order valence-electron chi connectivity index (χ0n) is 13.4. The van der Waals surface area contributed by atoms with Crippen LogP contribution >= 0.6 is 0 Å². The quantitative estimate of drug-likeness (QED) is 0.782. The van der Waals surface area contributed by atoms with E-state index in [9.17, 15) is 9.59 Å². The number of rotatable bonds is 5. The van der Waals surface area contributed by atoms with Crippen molar-refractivity contribution in [1.29, 1.82) is 0 Å². The van der Waals surface area contributed by atoms with Crippen molar-refractivity contribution in [2.45, 2.75) is 45.7 Å². The van der Waals surface area contributed by atoms with Crippen LogP contribution in [0.2, 0.25) is 0 Å². The van der Waals surface area contributed by atoms with E-state index >= 15 is 0 Å². The Kier molecular flexibility index (Phi) is 5.45. The monoisotopic (exact) mass is 296 g/mol. The largest absolute Gasteiger partial charge is 0.352 e. The lowest BCUT2D eigenvalue weighted by atomic mass is 10.1. The van der Waals surface area contributed by atoms with Crippen molar-refractivity contribution in [3.05, 3.63) is 0 Å². The zero-order valence-corrected chi connectivity index (χ0v) is 13.4. The smallest absolute Gasteiger partial charge is 0.320 e. The van der Waals surface area contributed by atoms with Crippen LogP contribution in [-0.4, -0.2) is 66.5 Å². The lowest BCUT2D eigenvalue weighted by Gasteiger charge is -2.31. The molecule has 21 heavy (non-hydrogen) atoms. The number of urea groups is 1. The highest BCUT2D eigenvalue weighted by Gasteiger charge is 2.35. The summed E-state index contributed by atoms with van der Waals surface area (Å²) in [6.45, 7) is 9.67. The highest BCUT2D eigenvalue weighted by molar-refractivity contribution is 5.85. The van der Waals surface area contributed by atoms with Crippen molar-refractivity contribution in [1.82, 2.24) is 20.4 Å².